The van der Waals surface area contributed by atoms with E-state index in [0.29, 0.717) is 15.1 Å². The van der Waals surface area contributed by atoms with E-state index in [9.17, 15) is 4.79 Å². The summed E-state index contributed by atoms with van der Waals surface area (Å²) in [7, 11) is 0. The Kier molecular flexibility index (Phi) is 4.64. The standard InChI is InChI=1S/C13H8BrClINO/c14-12-7-8(15)1-6-11(12)13(18)17-10-4-2-9(16)3-5-10/h1-7H,(H,17,18). The van der Waals surface area contributed by atoms with Gasteiger partial charge in [0, 0.05) is 18.8 Å². The Hall–Kier alpha value is -0.590. The lowest BCUT2D eigenvalue weighted by Crippen LogP contribution is -2.12. The molecular formula is C13H8BrClINO. The third-order valence-electron chi connectivity index (χ3n) is 2.28. The number of carbonyl (C=O) groups is 1. The Morgan fingerprint density at radius 1 is 1.17 bits per heavy atom. The first-order valence-electron chi connectivity index (χ1n) is 5.08. The number of rotatable bonds is 2. The number of halogens is 3. The van der Waals surface area contributed by atoms with Gasteiger partial charge in [0.05, 0.1) is 5.56 Å². The van der Waals surface area contributed by atoms with Gasteiger partial charge in [-0.3, -0.25) is 4.79 Å². The Morgan fingerprint density at radius 2 is 1.83 bits per heavy atom. The van der Waals surface area contributed by atoms with Gasteiger partial charge >= 0.3 is 0 Å². The molecular weight excluding hydrogens is 428 g/mol. The highest BCUT2D eigenvalue weighted by Gasteiger charge is 2.10. The van der Waals surface area contributed by atoms with Crippen LogP contribution < -0.4 is 5.32 Å². The summed E-state index contributed by atoms with van der Waals surface area (Å²) in [5.74, 6) is -0.167. The molecule has 2 aromatic carbocycles. The molecule has 92 valence electrons. The molecule has 0 radical (unpaired) electrons. The van der Waals surface area contributed by atoms with Crippen LogP contribution in [-0.2, 0) is 0 Å². The number of amides is 1. The third-order valence-corrected chi connectivity index (χ3v) is 3.89. The molecule has 0 spiro atoms. The molecule has 0 fully saturated rings. The van der Waals surface area contributed by atoms with Crippen molar-refractivity contribution in [1.82, 2.24) is 0 Å². The summed E-state index contributed by atoms with van der Waals surface area (Å²) < 4.78 is 1.80. The zero-order valence-corrected chi connectivity index (χ0v) is 13.6. The van der Waals surface area contributed by atoms with Crippen LogP contribution in [-0.4, -0.2) is 5.91 Å². The van der Waals surface area contributed by atoms with Gasteiger partial charge < -0.3 is 5.32 Å². The first-order chi connectivity index (χ1) is 8.56. The fraction of sp³-hybridized carbons (Fsp3) is 0. The van der Waals surface area contributed by atoms with Crippen LogP contribution in [0.1, 0.15) is 10.4 Å². The van der Waals surface area contributed by atoms with Crippen molar-refractivity contribution < 1.29 is 4.79 Å². The van der Waals surface area contributed by atoms with Crippen LogP contribution in [0.25, 0.3) is 0 Å². The van der Waals surface area contributed by atoms with Crippen LogP contribution in [0.5, 0.6) is 0 Å². The normalized spacial score (nSPS) is 10.2. The SMILES string of the molecule is O=C(Nc1ccc(I)cc1)c1ccc(Cl)cc1Br. The van der Waals surface area contributed by atoms with Crippen molar-refractivity contribution >= 4 is 61.7 Å². The number of nitrogens with one attached hydrogen (secondary N) is 1. The molecule has 0 heterocycles. The number of hydrogen-bond acceptors (Lipinski definition) is 1. The number of hydrogen-bond donors (Lipinski definition) is 1. The third kappa shape index (κ3) is 3.46. The minimum absolute atomic E-state index is 0.167. The quantitative estimate of drug-likeness (QED) is 0.663. The fourth-order valence-electron chi connectivity index (χ4n) is 1.41. The maximum Gasteiger partial charge on any atom is 0.256 e. The lowest BCUT2D eigenvalue weighted by atomic mass is 10.2. The molecule has 0 aliphatic heterocycles. The summed E-state index contributed by atoms with van der Waals surface area (Å²) in [6.07, 6.45) is 0. The molecule has 0 aliphatic carbocycles. The molecule has 1 N–H and O–H groups in total. The van der Waals surface area contributed by atoms with Gasteiger partial charge in [0.25, 0.3) is 5.91 Å². The van der Waals surface area contributed by atoms with Crippen LogP contribution in [0.3, 0.4) is 0 Å². The summed E-state index contributed by atoms with van der Waals surface area (Å²) in [5.41, 5.74) is 1.32. The zero-order chi connectivity index (χ0) is 13.1. The van der Waals surface area contributed by atoms with E-state index in [0.717, 1.165) is 9.26 Å². The van der Waals surface area contributed by atoms with E-state index in [1.54, 1.807) is 18.2 Å². The van der Waals surface area contributed by atoms with Gasteiger partial charge in [0.2, 0.25) is 0 Å². The summed E-state index contributed by atoms with van der Waals surface area (Å²) in [4.78, 5) is 12.0. The highest BCUT2D eigenvalue weighted by molar-refractivity contribution is 14.1. The summed E-state index contributed by atoms with van der Waals surface area (Å²) in [6, 6.07) is 12.7. The zero-order valence-electron chi connectivity index (χ0n) is 9.08. The minimum atomic E-state index is -0.167. The first-order valence-corrected chi connectivity index (χ1v) is 7.33. The van der Waals surface area contributed by atoms with Gasteiger partial charge in [-0.15, -0.1) is 0 Å². The average Bonchev–Trinajstić information content (AvgIpc) is 2.32. The fourth-order valence-corrected chi connectivity index (χ4v) is 2.63. The summed E-state index contributed by atoms with van der Waals surface area (Å²) in [5, 5.41) is 3.42. The van der Waals surface area contributed by atoms with E-state index in [-0.39, 0.29) is 5.91 Å². The molecule has 0 aromatic heterocycles. The number of benzene rings is 2. The Morgan fingerprint density at radius 3 is 2.44 bits per heavy atom. The molecule has 0 bridgehead atoms. The lowest BCUT2D eigenvalue weighted by Gasteiger charge is -2.07. The van der Waals surface area contributed by atoms with Crippen molar-refractivity contribution in [2.45, 2.75) is 0 Å². The number of carbonyl (C=O) groups excluding carboxylic acids is 1. The molecule has 2 nitrogen and oxygen atoms in total. The van der Waals surface area contributed by atoms with E-state index in [4.69, 9.17) is 11.6 Å². The van der Waals surface area contributed by atoms with Gasteiger partial charge in [-0.2, -0.15) is 0 Å². The Balaban J connectivity index is 2.19. The van der Waals surface area contributed by atoms with Crippen LogP contribution in [0, 0.1) is 3.57 Å². The van der Waals surface area contributed by atoms with Crippen molar-refractivity contribution in [2.75, 3.05) is 5.32 Å². The lowest BCUT2D eigenvalue weighted by molar-refractivity contribution is 0.102. The molecule has 0 atom stereocenters. The predicted molar refractivity (Wildman–Crippen MR) is 86.3 cm³/mol. The second-order valence-electron chi connectivity index (χ2n) is 3.59. The maximum atomic E-state index is 12.0. The molecule has 2 aromatic rings. The van der Waals surface area contributed by atoms with Gasteiger partial charge in [-0.25, -0.2) is 0 Å². The summed E-state index contributed by atoms with van der Waals surface area (Å²) in [6.45, 7) is 0. The molecule has 0 saturated heterocycles. The molecule has 0 unspecified atom stereocenters. The maximum absolute atomic E-state index is 12.0. The highest BCUT2D eigenvalue weighted by atomic mass is 127. The van der Waals surface area contributed by atoms with Crippen LogP contribution in [0.2, 0.25) is 5.02 Å². The summed E-state index contributed by atoms with van der Waals surface area (Å²) >= 11 is 11.4. The van der Waals surface area contributed by atoms with E-state index < -0.39 is 0 Å². The Labute approximate surface area is 132 Å². The molecule has 1 amide bonds. The van der Waals surface area contributed by atoms with E-state index in [1.807, 2.05) is 24.3 Å². The molecule has 2 rings (SSSR count). The van der Waals surface area contributed by atoms with Gasteiger partial charge in [0.15, 0.2) is 0 Å². The monoisotopic (exact) mass is 435 g/mol. The Bertz CT molecular complexity index is 586. The second kappa shape index (κ2) is 6.04. The van der Waals surface area contributed by atoms with Crippen molar-refractivity contribution in [3.05, 3.63) is 61.1 Å². The van der Waals surface area contributed by atoms with Crippen molar-refractivity contribution in [3.8, 4) is 0 Å². The average molecular weight is 436 g/mol. The van der Waals surface area contributed by atoms with Crippen LogP contribution >= 0.6 is 50.1 Å². The largest absolute Gasteiger partial charge is 0.322 e. The first kappa shape index (κ1) is 13.8. The minimum Gasteiger partial charge on any atom is -0.322 e. The molecule has 18 heavy (non-hydrogen) atoms. The predicted octanol–water partition coefficient (Wildman–Crippen LogP) is 4.96. The topological polar surface area (TPSA) is 29.1 Å². The smallest absolute Gasteiger partial charge is 0.256 e. The van der Waals surface area contributed by atoms with Gasteiger partial charge in [-0.05, 0) is 81.0 Å². The van der Waals surface area contributed by atoms with E-state index >= 15 is 0 Å². The van der Waals surface area contributed by atoms with Crippen molar-refractivity contribution in [3.63, 3.8) is 0 Å². The van der Waals surface area contributed by atoms with Gasteiger partial charge in [0.1, 0.15) is 0 Å². The second-order valence-corrected chi connectivity index (χ2v) is 6.12. The number of anilines is 1. The van der Waals surface area contributed by atoms with Crippen LogP contribution in [0.4, 0.5) is 5.69 Å². The molecule has 5 heteroatoms. The van der Waals surface area contributed by atoms with Crippen molar-refractivity contribution in [1.29, 1.82) is 0 Å². The van der Waals surface area contributed by atoms with E-state index in [2.05, 4.69) is 43.8 Å². The van der Waals surface area contributed by atoms with Crippen LogP contribution in [0.15, 0.2) is 46.9 Å². The molecule has 0 saturated carbocycles. The van der Waals surface area contributed by atoms with Gasteiger partial charge in [-0.1, -0.05) is 11.6 Å². The molecule has 0 aliphatic rings. The highest BCUT2D eigenvalue weighted by Crippen LogP contribution is 2.22. The van der Waals surface area contributed by atoms with Crippen molar-refractivity contribution in [2.24, 2.45) is 0 Å². The van der Waals surface area contributed by atoms with E-state index in [1.165, 1.54) is 0 Å².